The van der Waals surface area contributed by atoms with Gasteiger partial charge in [-0.3, -0.25) is 4.79 Å². The zero-order valence-corrected chi connectivity index (χ0v) is 16.0. The molecule has 0 aromatic heterocycles. The zero-order valence-electron chi connectivity index (χ0n) is 16.0. The van der Waals surface area contributed by atoms with Crippen molar-refractivity contribution in [1.82, 2.24) is 10.2 Å². The van der Waals surface area contributed by atoms with Gasteiger partial charge < -0.3 is 21.3 Å². The van der Waals surface area contributed by atoms with Crippen LogP contribution in [-0.2, 0) is 17.8 Å². The van der Waals surface area contributed by atoms with Gasteiger partial charge in [-0.25, -0.2) is 4.79 Å². The summed E-state index contributed by atoms with van der Waals surface area (Å²) in [5, 5.41) is 5.66. The lowest BCUT2D eigenvalue weighted by Crippen LogP contribution is -2.34. The normalized spacial score (nSPS) is 22.5. The van der Waals surface area contributed by atoms with Gasteiger partial charge in [0.1, 0.15) is 0 Å². The lowest BCUT2D eigenvalue weighted by atomic mass is 10.1. The maximum atomic E-state index is 12.4. The standard InChI is InChI=1S/C22H26N4O2/c1-14-2-4-16(5-3-14)11-24-22(28)25-17-8-6-15(7-9-17)10-20(27)26-12-18-19(13-26)21(18)23/h2-9,18-19,21H,10-13,23H2,1H3,(H2,24,25,28)/t18-,19+,21?. The number of nitrogens with one attached hydrogen (secondary N) is 2. The number of nitrogens with two attached hydrogens (primary N) is 1. The number of likely N-dealkylation sites (tertiary alicyclic amines) is 1. The summed E-state index contributed by atoms with van der Waals surface area (Å²) in [6, 6.07) is 15.5. The summed E-state index contributed by atoms with van der Waals surface area (Å²) in [5.74, 6) is 1.17. The van der Waals surface area contributed by atoms with Crippen molar-refractivity contribution >= 4 is 17.6 Å². The number of nitrogens with zero attached hydrogens (tertiary/aromatic N) is 1. The summed E-state index contributed by atoms with van der Waals surface area (Å²) >= 11 is 0. The minimum atomic E-state index is -0.253. The molecule has 3 atom stereocenters. The summed E-state index contributed by atoms with van der Waals surface area (Å²) in [5.41, 5.74) is 9.81. The van der Waals surface area contributed by atoms with Crippen molar-refractivity contribution in [2.24, 2.45) is 17.6 Å². The van der Waals surface area contributed by atoms with E-state index in [0.29, 0.717) is 36.5 Å². The summed E-state index contributed by atoms with van der Waals surface area (Å²) in [6.07, 6.45) is 0.384. The highest BCUT2D eigenvalue weighted by atomic mass is 16.2. The van der Waals surface area contributed by atoms with Crippen LogP contribution in [0.4, 0.5) is 10.5 Å². The molecule has 0 radical (unpaired) electrons. The number of carbonyl (C=O) groups is 2. The lowest BCUT2D eigenvalue weighted by molar-refractivity contribution is -0.129. The Labute approximate surface area is 165 Å². The maximum Gasteiger partial charge on any atom is 0.319 e. The molecular weight excluding hydrogens is 352 g/mol. The van der Waals surface area contributed by atoms with Crippen LogP contribution in [0.25, 0.3) is 0 Å². The molecule has 6 nitrogen and oxygen atoms in total. The number of hydrogen-bond acceptors (Lipinski definition) is 3. The van der Waals surface area contributed by atoms with Crippen molar-refractivity contribution in [1.29, 1.82) is 0 Å². The quantitative estimate of drug-likeness (QED) is 0.746. The Morgan fingerprint density at radius 2 is 1.61 bits per heavy atom. The van der Waals surface area contributed by atoms with E-state index in [4.69, 9.17) is 5.73 Å². The van der Waals surface area contributed by atoms with Gasteiger partial charge in [0.05, 0.1) is 6.42 Å². The number of aryl methyl sites for hydroxylation is 1. The third-order valence-corrected chi connectivity index (χ3v) is 5.75. The highest BCUT2D eigenvalue weighted by molar-refractivity contribution is 5.89. The molecule has 3 amide bonds. The molecule has 0 spiro atoms. The van der Waals surface area contributed by atoms with Gasteiger partial charge in [-0.2, -0.15) is 0 Å². The number of anilines is 1. The first-order valence-electron chi connectivity index (χ1n) is 9.72. The highest BCUT2D eigenvalue weighted by Crippen LogP contribution is 2.43. The molecule has 4 rings (SSSR count). The molecule has 6 heteroatoms. The van der Waals surface area contributed by atoms with Gasteiger partial charge in [-0.05, 0) is 42.0 Å². The molecule has 2 fully saturated rings. The van der Waals surface area contributed by atoms with E-state index in [1.54, 1.807) is 0 Å². The number of rotatable bonds is 5. The Morgan fingerprint density at radius 3 is 2.25 bits per heavy atom. The average molecular weight is 378 g/mol. The van der Waals surface area contributed by atoms with E-state index < -0.39 is 0 Å². The Hall–Kier alpha value is -2.86. The minimum absolute atomic E-state index is 0.149. The van der Waals surface area contributed by atoms with Gasteiger partial charge in [0.15, 0.2) is 0 Å². The molecule has 1 aliphatic carbocycles. The predicted molar refractivity (Wildman–Crippen MR) is 109 cm³/mol. The van der Waals surface area contributed by atoms with Crippen molar-refractivity contribution in [3.05, 3.63) is 65.2 Å². The van der Waals surface area contributed by atoms with E-state index in [9.17, 15) is 9.59 Å². The van der Waals surface area contributed by atoms with Crippen LogP contribution in [0.15, 0.2) is 48.5 Å². The Morgan fingerprint density at radius 1 is 1.00 bits per heavy atom. The van der Waals surface area contributed by atoms with Crippen LogP contribution in [0, 0.1) is 18.8 Å². The molecule has 2 aliphatic rings. The molecule has 1 saturated carbocycles. The maximum absolute atomic E-state index is 12.4. The second-order valence-corrected chi connectivity index (χ2v) is 7.87. The van der Waals surface area contributed by atoms with Crippen LogP contribution in [0.1, 0.15) is 16.7 Å². The fourth-order valence-corrected chi connectivity index (χ4v) is 3.83. The summed E-state index contributed by atoms with van der Waals surface area (Å²) in [6.45, 7) is 4.10. The number of carbonyl (C=O) groups excluding carboxylic acids is 2. The molecule has 2 aromatic carbocycles. The van der Waals surface area contributed by atoms with Crippen molar-refractivity contribution in [2.75, 3.05) is 18.4 Å². The van der Waals surface area contributed by atoms with E-state index in [1.807, 2.05) is 60.4 Å². The molecule has 2 aromatic rings. The third-order valence-electron chi connectivity index (χ3n) is 5.75. The molecule has 0 bridgehead atoms. The predicted octanol–water partition coefficient (Wildman–Crippen LogP) is 2.27. The Kier molecular flexibility index (Phi) is 5.05. The molecule has 1 aliphatic heterocycles. The first kappa shape index (κ1) is 18.5. The monoisotopic (exact) mass is 378 g/mol. The summed E-state index contributed by atoms with van der Waals surface area (Å²) in [7, 11) is 0. The lowest BCUT2D eigenvalue weighted by Gasteiger charge is -2.19. The molecule has 1 unspecified atom stereocenters. The van der Waals surface area contributed by atoms with Crippen molar-refractivity contribution in [3.63, 3.8) is 0 Å². The van der Waals surface area contributed by atoms with E-state index in [-0.39, 0.29) is 11.9 Å². The Bertz CT molecular complexity index is 851. The largest absolute Gasteiger partial charge is 0.342 e. The van der Waals surface area contributed by atoms with Crippen molar-refractivity contribution < 1.29 is 9.59 Å². The fourth-order valence-electron chi connectivity index (χ4n) is 3.83. The van der Waals surface area contributed by atoms with Crippen molar-refractivity contribution in [3.8, 4) is 0 Å². The van der Waals surface area contributed by atoms with Gasteiger partial charge in [0.25, 0.3) is 0 Å². The number of piperidine rings is 1. The third kappa shape index (κ3) is 4.17. The molecular formula is C22H26N4O2. The van der Waals surface area contributed by atoms with Gasteiger partial charge in [0, 0.05) is 31.4 Å². The van der Waals surface area contributed by atoms with Crippen molar-refractivity contribution in [2.45, 2.75) is 25.9 Å². The molecule has 1 saturated heterocycles. The topological polar surface area (TPSA) is 87.5 Å². The van der Waals surface area contributed by atoms with Gasteiger partial charge in [-0.15, -0.1) is 0 Å². The van der Waals surface area contributed by atoms with Crippen LogP contribution in [-0.4, -0.2) is 36.0 Å². The number of urea groups is 1. The van der Waals surface area contributed by atoms with Crippen LogP contribution in [0.3, 0.4) is 0 Å². The Balaban J connectivity index is 1.23. The number of benzene rings is 2. The highest BCUT2D eigenvalue weighted by Gasteiger charge is 2.54. The van der Waals surface area contributed by atoms with Crippen LogP contribution < -0.4 is 16.4 Å². The zero-order chi connectivity index (χ0) is 19.7. The van der Waals surface area contributed by atoms with E-state index in [2.05, 4.69) is 10.6 Å². The smallest absolute Gasteiger partial charge is 0.319 e. The second-order valence-electron chi connectivity index (χ2n) is 7.87. The molecule has 28 heavy (non-hydrogen) atoms. The minimum Gasteiger partial charge on any atom is -0.342 e. The summed E-state index contributed by atoms with van der Waals surface area (Å²) in [4.78, 5) is 26.4. The van der Waals surface area contributed by atoms with Crippen LogP contribution in [0.2, 0.25) is 0 Å². The van der Waals surface area contributed by atoms with E-state index >= 15 is 0 Å². The fraction of sp³-hybridized carbons (Fsp3) is 0.364. The molecule has 146 valence electrons. The van der Waals surface area contributed by atoms with Gasteiger partial charge in [0.2, 0.25) is 5.91 Å². The second kappa shape index (κ2) is 7.64. The number of fused-ring (bicyclic) bond motifs is 1. The van der Waals surface area contributed by atoms with E-state index in [0.717, 1.165) is 24.2 Å². The van der Waals surface area contributed by atoms with E-state index in [1.165, 1.54) is 5.56 Å². The number of hydrogen-bond donors (Lipinski definition) is 3. The first-order chi connectivity index (χ1) is 13.5. The van der Waals surface area contributed by atoms with Crippen LogP contribution in [0.5, 0.6) is 0 Å². The molecule has 4 N–H and O–H groups in total. The van der Waals surface area contributed by atoms with Gasteiger partial charge >= 0.3 is 6.03 Å². The summed E-state index contributed by atoms with van der Waals surface area (Å²) < 4.78 is 0. The SMILES string of the molecule is Cc1ccc(CNC(=O)Nc2ccc(CC(=O)N3C[C@@H]4C(N)[C@@H]4C3)cc2)cc1. The average Bonchev–Trinajstić information content (AvgIpc) is 3.09. The number of amides is 3. The van der Waals surface area contributed by atoms with Crippen LogP contribution >= 0.6 is 0 Å². The van der Waals surface area contributed by atoms with Gasteiger partial charge in [-0.1, -0.05) is 42.0 Å². The molecule has 1 heterocycles. The first-order valence-corrected chi connectivity index (χ1v) is 9.72.